The summed E-state index contributed by atoms with van der Waals surface area (Å²) in [5, 5.41) is 12.2. The molecule has 0 aliphatic rings. The van der Waals surface area contributed by atoms with Crippen molar-refractivity contribution >= 4 is 33.4 Å². The molecule has 2 N–H and O–H groups in total. The second-order valence-corrected chi connectivity index (χ2v) is 5.05. The Morgan fingerprint density at radius 3 is 2.81 bits per heavy atom. The summed E-state index contributed by atoms with van der Waals surface area (Å²) in [7, 11) is 0. The van der Waals surface area contributed by atoms with Crippen LogP contribution in [-0.2, 0) is 0 Å². The van der Waals surface area contributed by atoms with Crippen LogP contribution in [0.25, 0.3) is 0 Å². The number of halogens is 1. The summed E-state index contributed by atoms with van der Waals surface area (Å²) >= 11 is 3.21. The molecule has 21 heavy (non-hydrogen) atoms. The van der Waals surface area contributed by atoms with Crippen LogP contribution in [0.2, 0.25) is 0 Å². The Morgan fingerprint density at radius 2 is 2.14 bits per heavy atom. The average Bonchev–Trinajstić information content (AvgIpc) is 2.40. The first kappa shape index (κ1) is 15.2. The number of benzene rings is 1. The molecule has 0 bridgehead atoms. The quantitative estimate of drug-likeness (QED) is 0.858. The van der Waals surface area contributed by atoms with Gasteiger partial charge in [-0.1, -0.05) is 0 Å². The Balaban J connectivity index is 2.29. The molecule has 0 atom stereocenters. The van der Waals surface area contributed by atoms with Gasteiger partial charge < -0.3 is 15.2 Å². The maximum Gasteiger partial charge on any atom is 0.336 e. The van der Waals surface area contributed by atoms with E-state index in [1.54, 1.807) is 25.1 Å². The largest absolute Gasteiger partial charge is 0.478 e. The molecule has 0 aliphatic carbocycles. The van der Waals surface area contributed by atoms with Crippen LogP contribution in [0.5, 0.6) is 5.88 Å². The molecule has 0 fully saturated rings. The van der Waals surface area contributed by atoms with Gasteiger partial charge in [-0.15, -0.1) is 0 Å². The first-order chi connectivity index (χ1) is 9.99. The lowest BCUT2D eigenvalue weighted by molar-refractivity contribution is 0.0696. The first-order valence-electron chi connectivity index (χ1n) is 6.28. The lowest BCUT2D eigenvalue weighted by atomic mass is 10.2. The molecule has 1 heterocycles. The third kappa shape index (κ3) is 3.91. The fourth-order valence-electron chi connectivity index (χ4n) is 1.74. The van der Waals surface area contributed by atoms with Crippen molar-refractivity contribution in [3.8, 4) is 5.88 Å². The SMILES string of the molecule is CCOc1cc(Nc2ccc(Br)c(C(=O)O)c2)nc(C)n1. The molecular weight excluding hydrogens is 338 g/mol. The molecule has 2 rings (SSSR count). The summed E-state index contributed by atoms with van der Waals surface area (Å²) in [5.74, 6) is 0.589. The van der Waals surface area contributed by atoms with Crippen LogP contribution in [0.1, 0.15) is 23.1 Å². The van der Waals surface area contributed by atoms with E-state index in [0.29, 0.717) is 34.3 Å². The highest BCUT2D eigenvalue weighted by molar-refractivity contribution is 9.10. The van der Waals surface area contributed by atoms with Crippen molar-refractivity contribution in [1.29, 1.82) is 0 Å². The summed E-state index contributed by atoms with van der Waals surface area (Å²) in [5.41, 5.74) is 0.798. The second kappa shape index (κ2) is 6.53. The second-order valence-electron chi connectivity index (χ2n) is 4.20. The van der Waals surface area contributed by atoms with E-state index in [4.69, 9.17) is 9.84 Å². The number of aromatic nitrogens is 2. The summed E-state index contributed by atoms with van der Waals surface area (Å²) < 4.78 is 5.88. The van der Waals surface area contributed by atoms with Crippen LogP contribution in [-0.4, -0.2) is 27.7 Å². The molecule has 0 aliphatic heterocycles. The van der Waals surface area contributed by atoms with Gasteiger partial charge in [0.1, 0.15) is 11.6 Å². The number of carbonyl (C=O) groups is 1. The molecule has 0 radical (unpaired) electrons. The highest BCUT2D eigenvalue weighted by Crippen LogP contribution is 2.24. The van der Waals surface area contributed by atoms with Crippen LogP contribution >= 0.6 is 15.9 Å². The number of ether oxygens (including phenoxy) is 1. The summed E-state index contributed by atoms with van der Waals surface area (Å²) in [6, 6.07) is 6.63. The number of nitrogens with zero attached hydrogens (tertiary/aromatic N) is 2. The predicted molar refractivity (Wildman–Crippen MR) is 82.3 cm³/mol. The van der Waals surface area contributed by atoms with E-state index in [2.05, 4.69) is 31.2 Å². The van der Waals surface area contributed by atoms with Crippen LogP contribution in [0.4, 0.5) is 11.5 Å². The maximum absolute atomic E-state index is 11.1. The van der Waals surface area contributed by atoms with Gasteiger partial charge >= 0.3 is 5.97 Å². The van der Waals surface area contributed by atoms with Crippen LogP contribution in [0, 0.1) is 6.92 Å². The number of hydrogen-bond acceptors (Lipinski definition) is 5. The van der Waals surface area contributed by atoms with Crippen molar-refractivity contribution < 1.29 is 14.6 Å². The fourth-order valence-corrected chi connectivity index (χ4v) is 2.16. The van der Waals surface area contributed by atoms with Crippen LogP contribution < -0.4 is 10.1 Å². The normalized spacial score (nSPS) is 10.2. The Kier molecular flexibility index (Phi) is 4.74. The van der Waals surface area contributed by atoms with E-state index in [1.165, 1.54) is 6.07 Å². The highest BCUT2D eigenvalue weighted by atomic mass is 79.9. The molecule has 0 amide bonds. The molecule has 2 aromatic rings. The Bertz CT molecular complexity index is 677. The topological polar surface area (TPSA) is 84.3 Å². The molecule has 6 nitrogen and oxygen atoms in total. The van der Waals surface area contributed by atoms with Crippen molar-refractivity contribution in [2.45, 2.75) is 13.8 Å². The van der Waals surface area contributed by atoms with Gasteiger partial charge in [0.25, 0.3) is 0 Å². The third-order valence-corrected chi connectivity index (χ3v) is 3.27. The zero-order chi connectivity index (χ0) is 15.4. The zero-order valence-electron chi connectivity index (χ0n) is 11.6. The molecule has 1 aromatic carbocycles. The van der Waals surface area contributed by atoms with E-state index < -0.39 is 5.97 Å². The number of rotatable bonds is 5. The molecule has 0 unspecified atom stereocenters. The van der Waals surface area contributed by atoms with Crippen molar-refractivity contribution in [3.63, 3.8) is 0 Å². The minimum absolute atomic E-state index is 0.177. The number of hydrogen-bond donors (Lipinski definition) is 2. The lowest BCUT2D eigenvalue weighted by Crippen LogP contribution is -2.03. The van der Waals surface area contributed by atoms with Crippen molar-refractivity contribution in [3.05, 3.63) is 40.1 Å². The van der Waals surface area contributed by atoms with Crippen LogP contribution in [0.3, 0.4) is 0 Å². The highest BCUT2D eigenvalue weighted by Gasteiger charge is 2.10. The molecular formula is C14H14BrN3O3. The smallest absolute Gasteiger partial charge is 0.336 e. The molecule has 0 saturated carbocycles. The van der Waals surface area contributed by atoms with E-state index in [9.17, 15) is 4.79 Å². The predicted octanol–water partition coefficient (Wildman–Crippen LogP) is 3.39. The van der Waals surface area contributed by atoms with Gasteiger partial charge in [0.05, 0.1) is 12.2 Å². The first-order valence-corrected chi connectivity index (χ1v) is 7.07. The molecule has 1 aromatic heterocycles. The van der Waals surface area contributed by atoms with Crippen molar-refractivity contribution in [2.24, 2.45) is 0 Å². The Hall–Kier alpha value is -2.15. The minimum atomic E-state index is -1.00. The van der Waals surface area contributed by atoms with Gasteiger partial charge in [0.2, 0.25) is 5.88 Å². The molecule has 0 saturated heterocycles. The van der Waals surface area contributed by atoms with E-state index in [-0.39, 0.29) is 5.56 Å². The lowest BCUT2D eigenvalue weighted by Gasteiger charge is -2.10. The third-order valence-electron chi connectivity index (χ3n) is 2.58. The van der Waals surface area contributed by atoms with Gasteiger partial charge in [-0.3, -0.25) is 0 Å². The van der Waals surface area contributed by atoms with Gasteiger partial charge in [0, 0.05) is 16.2 Å². The number of carboxylic acid groups (broad SMARTS) is 1. The van der Waals surface area contributed by atoms with E-state index in [0.717, 1.165) is 0 Å². The fraction of sp³-hybridized carbons (Fsp3) is 0.214. The standard InChI is InChI=1S/C14H14BrN3O3/c1-3-21-13-7-12(16-8(2)17-13)18-9-4-5-11(15)10(6-9)14(19)20/h4-7H,3H2,1-2H3,(H,19,20)(H,16,17,18). The number of aryl methyl sites for hydroxylation is 1. The van der Waals surface area contributed by atoms with Crippen molar-refractivity contribution in [1.82, 2.24) is 9.97 Å². The van der Waals surface area contributed by atoms with E-state index >= 15 is 0 Å². The number of carboxylic acids is 1. The summed E-state index contributed by atoms with van der Waals surface area (Å²) in [4.78, 5) is 19.5. The van der Waals surface area contributed by atoms with Gasteiger partial charge in [-0.25, -0.2) is 9.78 Å². The van der Waals surface area contributed by atoms with Crippen molar-refractivity contribution in [2.75, 3.05) is 11.9 Å². The zero-order valence-corrected chi connectivity index (χ0v) is 13.1. The maximum atomic E-state index is 11.1. The molecule has 7 heteroatoms. The molecule has 110 valence electrons. The molecule has 0 spiro atoms. The number of anilines is 2. The minimum Gasteiger partial charge on any atom is -0.478 e. The summed E-state index contributed by atoms with van der Waals surface area (Å²) in [6.45, 7) is 4.15. The number of aromatic carboxylic acids is 1. The average molecular weight is 352 g/mol. The van der Waals surface area contributed by atoms with E-state index in [1.807, 2.05) is 6.92 Å². The van der Waals surface area contributed by atoms with Gasteiger partial charge in [-0.05, 0) is 48.0 Å². The van der Waals surface area contributed by atoms with Crippen LogP contribution in [0.15, 0.2) is 28.7 Å². The Morgan fingerprint density at radius 1 is 1.38 bits per heavy atom. The van der Waals surface area contributed by atoms with Gasteiger partial charge in [-0.2, -0.15) is 4.98 Å². The Labute approximate surface area is 130 Å². The monoisotopic (exact) mass is 351 g/mol. The number of nitrogens with one attached hydrogen (secondary N) is 1. The summed E-state index contributed by atoms with van der Waals surface area (Å²) in [6.07, 6.45) is 0. The van der Waals surface area contributed by atoms with Gasteiger partial charge in [0.15, 0.2) is 0 Å².